The molecule has 3 N–H and O–H groups in total. The number of hydrogen-bond donors (Lipinski definition) is 3. The zero-order valence-electron chi connectivity index (χ0n) is 7.31. The Morgan fingerprint density at radius 1 is 1.57 bits per heavy atom. The van der Waals surface area contributed by atoms with Gasteiger partial charge in [0.2, 0.25) is 0 Å². The van der Waals surface area contributed by atoms with Crippen LogP contribution in [0.4, 0.5) is 0 Å². The van der Waals surface area contributed by atoms with E-state index < -0.39 is 25.3 Å². The molecule has 3 unspecified atom stereocenters. The Hall–Kier alpha value is 0.645. The molecule has 0 amide bonds. The van der Waals surface area contributed by atoms with Crippen molar-refractivity contribution >= 4 is 41.3 Å². The van der Waals surface area contributed by atoms with Crippen molar-refractivity contribution in [2.75, 3.05) is 13.2 Å². The molecule has 3 atom stereocenters. The molecule has 0 aromatic heterocycles. The van der Waals surface area contributed by atoms with Gasteiger partial charge in [-0.1, -0.05) is 0 Å². The van der Waals surface area contributed by atoms with E-state index in [2.05, 4.69) is 20.9 Å². The molecule has 0 saturated carbocycles. The predicted molar refractivity (Wildman–Crippen MR) is 57.7 cm³/mol. The van der Waals surface area contributed by atoms with Crippen molar-refractivity contribution in [3.05, 3.63) is 0 Å². The van der Waals surface area contributed by atoms with Crippen LogP contribution in [0.1, 0.15) is 0 Å². The quantitative estimate of drug-likeness (QED) is 0.343. The smallest absolute Gasteiger partial charge is 0.324 e. The minimum atomic E-state index is -3.52. The summed E-state index contributed by atoms with van der Waals surface area (Å²) < 4.78 is 9.26. The van der Waals surface area contributed by atoms with Crippen molar-refractivity contribution in [1.29, 1.82) is 0 Å². The maximum atomic E-state index is 9.28. The zero-order valence-corrected chi connectivity index (χ0v) is 9.03. The minimum absolute atomic E-state index is 0.289. The highest BCUT2D eigenvalue weighted by molar-refractivity contribution is 8.07. The second-order valence-corrected chi connectivity index (χ2v) is 5.14. The van der Waals surface area contributed by atoms with E-state index in [0.29, 0.717) is 0 Å². The van der Waals surface area contributed by atoms with E-state index in [1.54, 1.807) is 0 Å². The highest BCUT2D eigenvalue weighted by atomic mass is 32.5. The molecule has 0 rings (SSSR count). The molecule has 0 aliphatic heterocycles. The van der Waals surface area contributed by atoms with Crippen LogP contribution in [-0.2, 0) is 20.9 Å². The topological polar surface area (TPSA) is 79.2 Å². The van der Waals surface area contributed by atoms with E-state index in [4.69, 9.17) is 25.8 Å². The second-order valence-electron chi connectivity index (χ2n) is 2.35. The normalized spacial score (nSPS) is 19.6. The molecule has 0 heterocycles. The molecule has 14 heavy (non-hydrogen) atoms. The Morgan fingerprint density at radius 3 is 2.57 bits per heavy atom. The number of aliphatic hydroxyl groups is 2. The van der Waals surface area contributed by atoms with Crippen LogP contribution in [0.15, 0.2) is 0 Å². The lowest BCUT2D eigenvalue weighted by Gasteiger charge is -2.20. The van der Waals surface area contributed by atoms with Crippen molar-refractivity contribution < 1.29 is 24.2 Å². The third-order valence-electron chi connectivity index (χ3n) is 1.08. The highest BCUT2D eigenvalue weighted by Crippen LogP contribution is 2.44. The van der Waals surface area contributed by atoms with Gasteiger partial charge in [0, 0.05) is 19.7 Å². The van der Waals surface area contributed by atoms with E-state index in [-0.39, 0.29) is 6.61 Å². The van der Waals surface area contributed by atoms with Crippen LogP contribution < -0.4 is 0 Å². The number of hydrogen-bond acceptors (Lipinski definition) is 5. The fourth-order valence-corrected chi connectivity index (χ4v) is 1.79. The van der Waals surface area contributed by atoms with Crippen molar-refractivity contribution in [2.45, 2.75) is 12.0 Å². The van der Waals surface area contributed by atoms with Crippen molar-refractivity contribution in [1.82, 2.24) is 0 Å². The molecule has 0 saturated heterocycles. The Balaban J connectivity index is 3.89. The summed E-state index contributed by atoms with van der Waals surface area (Å²) in [6, 6.07) is -2.15. The average molecular weight is 233 g/mol. The Kier molecular flexibility index (Phi) is 7.33. The van der Waals surface area contributed by atoms with Crippen LogP contribution in [0.2, 0.25) is 0 Å². The largest absolute Gasteiger partial charge is 0.401 e. The molecule has 5 nitrogen and oxygen atoms in total. The van der Waals surface area contributed by atoms with Crippen molar-refractivity contribution in [3.8, 4) is 0 Å². The van der Waals surface area contributed by atoms with E-state index >= 15 is 0 Å². The predicted octanol–water partition coefficient (Wildman–Crippen LogP) is -2.17. The van der Waals surface area contributed by atoms with E-state index in [0.717, 1.165) is 7.17 Å². The summed E-state index contributed by atoms with van der Waals surface area (Å²) in [7, 11) is 11.1. The van der Waals surface area contributed by atoms with Crippen molar-refractivity contribution in [3.63, 3.8) is 0 Å². The molecule has 0 spiro atoms. The lowest BCUT2D eigenvalue weighted by Crippen LogP contribution is -2.23. The number of aliphatic hydroxyl groups excluding tert-OH is 2. The van der Waals surface area contributed by atoms with Gasteiger partial charge in [-0.3, -0.25) is 0 Å². The van der Waals surface area contributed by atoms with Crippen molar-refractivity contribution in [2.24, 2.45) is 0 Å². The zero-order chi connectivity index (χ0) is 11.2. The van der Waals surface area contributed by atoms with Gasteiger partial charge in [0.15, 0.2) is 0 Å². The van der Waals surface area contributed by atoms with Crippen LogP contribution in [0.25, 0.3) is 0 Å². The van der Waals surface area contributed by atoms with Gasteiger partial charge in [-0.25, -0.2) is 0 Å². The first-order valence-corrected chi connectivity index (χ1v) is 6.25. The summed E-state index contributed by atoms with van der Waals surface area (Å²) in [5.41, 5.74) is 0. The SMILES string of the molecule is [B][B]C(O)COP(O)(=S)OC([B])CO. The van der Waals surface area contributed by atoms with Crippen LogP contribution in [-0.4, -0.2) is 63.1 Å². The van der Waals surface area contributed by atoms with Gasteiger partial charge in [-0.15, -0.1) is 0 Å². The van der Waals surface area contributed by atoms with Gasteiger partial charge >= 0.3 is 6.72 Å². The molecule has 0 bridgehead atoms. The third kappa shape index (κ3) is 7.01. The maximum absolute atomic E-state index is 9.28. The Labute approximate surface area is 91.1 Å². The summed E-state index contributed by atoms with van der Waals surface area (Å²) in [5, 5.41) is 17.4. The third-order valence-corrected chi connectivity index (χ3v) is 2.67. The Morgan fingerprint density at radius 2 is 2.14 bits per heavy atom. The van der Waals surface area contributed by atoms with E-state index in [1.807, 2.05) is 0 Å². The average Bonchev–Trinajstić information content (AvgIpc) is 2.13. The lowest BCUT2D eigenvalue weighted by atomic mass is 9.52. The molecule has 0 aromatic carbocycles. The molecule has 5 radical (unpaired) electrons. The van der Waals surface area contributed by atoms with Gasteiger partial charge in [0.05, 0.1) is 20.4 Å². The van der Waals surface area contributed by atoms with Gasteiger partial charge in [0.1, 0.15) is 7.85 Å². The summed E-state index contributed by atoms with van der Waals surface area (Å²) >= 11 is 4.52. The minimum Gasteiger partial charge on any atom is -0.401 e. The second kappa shape index (κ2) is 7.01. The summed E-state index contributed by atoms with van der Waals surface area (Å²) in [6.45, 7) is -4.30. The van der Waals surface area contributed by atoms with Crippen LogP contribution >= 0.6 is 6.72 Å². The summed E-state index contributed by atoms with van der Waals surface area (Å²) in [4.78, 5) is 9.28. The first kappa shape index (κ1) is 14.6. The fraction of sp³-hybridized carbons (Fsp3) is 1.00. The molecule has 0 aliphatic carbocycles. The molecule has 0 aliphatic rings. The molecule has 0 aromatic rings. The Bertz CT molecular complexity index is 207. The van der Waals surface area contributed by atoms with Gasteiger partial charge in [0.25, 0.3) is 0 Å². The van der Waals surface area contributed by atoms with E-state index in [1.165, 1.54) is 0 Å². The summed E-state index contributed by atoms with van der Waals surface area (Å²) in [6.07, 6.45) is 0. The standard InChI is InChI=1S/C4H9B3O5PS/c5-3(1-8)12-13(10,14)11-2-4(9)7-6/h3-4,8-9H,1-2H2,(H,10,14). The molecule has 75 valence electrons. The van der Waals surface area contributed by atoms with Crippen LogP contribution in [0, 0.1) is 0 Å². The molecular weight excluding hydrogens is 224 g/mol. The first-order valence-electron chi connectivity index (χ1n) is 3.66. The molecular formula is C4H9B3O5PS. The summed E-state index contributed by atoms with van der Waals surface area (Å²) in [5.74, 6) is 0. The first-order chi connectivity index (χ1) is 6.41. The van der Waals surface area contributed by atoms with Crippen LogP contribution in [0.5, 0.6) is 0 Å². The van der Waals surface area contributed by atoms with Gasteiger partial charge in [-0.05, 0) is 11.8 Å². The monoisotopic (exact) mass is 233 g/mol. The lowest BCUT2D eigenvalue weighted by molar-refractivity contribution is 0.110. The van der Waals surface area contributed by atoms with Crippen LogP contribution in [0.3, 0.4) is 0 Å². The molecule has 0 fully saturated rings. The van der Waals surface area contributed by atoms with E-state index in [9.17, 15) is 4.89 Å². The highest BCUT2D eigenvalue weighted by Gasteiger charge is 2.19. The van der Waals surface area contributed by atoms with Gasteiger partial charge < -0.3 is 24.2 Å². The fourth-order valence-electron chi connectivity index (χ4n) is 0.461. The van der Waals surface area contributed by atoms with Gasteiger partial charge in [-0.2, -0.15) is 0 Å². The molecule has 10 heteroatoms. The number of rotatable bonds is 7. The maximum Gasteiger partial charge on any atom is 0.324 e.